The number of hydrogen-bond donors (Lipinski definition) is 0. The number of Topliss-reactive ketones (excluding diaryl/α,β-unsaturated/α-hetero) is 1. The van der Waals surface area contributed by atoms with E-state index in [1.807, 2.05) is 6.07 Å². The van der Waals surface area contributed by atoms with Gasteiger partial charge in [-0.25, -0.2) is 4.39 Å². The standard InChI is InChI=1S/C18H21FO/c1-18-9-8-14-13-5-3-12(19)10-11(13)2-4-15(14)16(18)6-7-17(18)20/h3,5,10,14-16H,2,4,6-9H2,1H3/t14?,15?,16?,18-/m0/s1. The van der Waals surface area contributed by atoms with Crippen LogP contribution in [0.5, 0.6) is 0 Å². The van der Waals surface area contributed by atoms with Crippen LogP contribution in [-0.4, -0.2) is 5.78 Å². The maximum absolute atomic E-state index is 13.4. The molecule has 0 bridgehead atoms. The van der Waals surface area contributed by atoms with E-state index in [2.05, 4.69) is 6.92 Å². The summed E-state index contributed by atoms with van der Waals surface area (Å²) >= 11 is 0. The van der Waals surface area contributed by atoms with Crippen LogP contribution in [0.3, 0.4) is 0 Å². The van der Waals surface area contributed by atoms with E-state index >= 15 is 0 Å². The molecular weight excluding hydrogens is 251 g/mol. The first-order valence-electron chi connectivity index (χ1n) is 7.91. The van der Waals surface area contributed by atoms with Crippen LogP contribution in [0.1, 0.15) is 56.1 Å². The maximum atomic E-state index is 13.4. The summed E-state index contributed by atoms with van der Waals surface area (Å²) in [6, 6.07) is 5.33. The fourth-order valence-electron chi connectivity index (χ4n) is 5.32. The first-order chi connectivity index (χ1) is 9.59. The van der Waals surface area contributed by atoms with E-state index in [0.717, 1.165) is 38.5 Å². The summed E-state index contributed by atoms with van der Waals surface area (Å²) in [5.41, 5.74) is 2.52. The predicted molar refractivity (Wildman–Crippen MR) is 76.0 cm³/mol. The van der Waals surface area contributed by atoms with Crippen LogP contribution < -0.4 is 0 Å². The van der Waals surface area contributed by atoms with E-state index < -0.39 is 0 Å². The van der Waals surface area contributed by atoms with Crippen molar-refractivity contribution in [3.8, 4) is 0 Å². The molecule has 4 atom stereocenters. The average Bonchev–Trinajstić information content (AvgIpc) is 2.74. The molecule has 4 rings (SSSR count). The summed E-state index contributed by atoms with van der Waals surface area (Å²) in [7, 11) is 0. The Bertz CT molecular complexity index is 579. The second-order valence-corrected chi connectivity index (χ2v) is 7.18. The summed E-state index contributed by atoms with van der Waals surface area (Å²) in [5.74, 6) is 2.14. The Morgan fingerprint density at radius 1 is 1.20 bits per heavy atom. The highest BCUT2D eigenvalue weighted by Crippen LogP contribution is 2.59. The van der Waals surface area contributed by atoms with Gasteiger partial charge < -0.3 is 0 Å². The molecule has 2 saturated carbocycles. The third kappa shape index (κ3) is 1.57. The van der Waals surface area contributed by atoms with Crippen molar-refractivity contribution >= 4 is 5.78 Å². The van der Waals surface area contributed by atoms with Crippen LogP contribution in [-0.2, 0) is 11.2 Å². The van der Waals surface area contributed by atoms with Crippen LogP contribution in [0, 0.1) is 23.1 Å². The monoisotopic (exact) mass is 272 g/mol. The normalized spacial score (nSPS) is 39.1. The molecule has 1 aromatic carbocycles. The van der Waals surface area contributed by atoms with Crippen LogP contribution in [0.2, 0.25) is 0 Å². The van der Waals surface area contributed by atoms with E-state index in [9.17, 15) is 9.18 Å². The van der Waals surface area contributed by atoms with Gasteiger partial charge in [-0.05, 0) is 73.1 Å². The van der Waals surface area contributed by atoms with Gasteiger partial charge in [-0.15, -0.1) is 0 Å². The molecule has 3 aliphatic rings. The fraction of sp³-hybridized carbons (Fsp3) is 0.611. The molecule has 2 fully saturated rings. The van der Waals surface area contributed by atoms with Crippen LogP contribution in [0.15, 0.2) is 18.2 Å². The molecule has 0 aromatic heterocycles. The number of rotatable bonds is 0. The van der Waals surface area contributed by atoms with Crippen molar-refractivity contribution < 1.29 is 9.18 Å². The molecule has 20 heavy (non-hydrogen) atoms. The predicted octanol–water partition coefficient (Wildman–Crippen LogP) is 4.25. The topological polar surface area (TPSA) is 17.1 Å². The summed E-state index contributed by atoms with van der Waals surface area (Å²) in [4.78, 5) is 12.2. The van der Waals surface area contributed by atoms with E-state index in [0.29, 0.717) is 23.5 Å². The van der Waals surface area contributed by atoms with Gasteiger partial charge >= 0.3 is 0 Å². The largest absolute Gasteiger partial charge is 0.299 e. The van der Waals surface area contributed by atoms with Gasteiger partial charge in [0.15, 0.2) is 0 Å². The average molecular weight is 272 g/mol. The third-order valence-corrected chi connectivity index (χ3v) is 6.40. The lowest BCUT2D eigenvalue weighted by molar-refractivity contribution is -0.129. The Morgan fingerprint density at radius 3 is 2.90 bits per heavy atom. The zero-order chi connectivity index (χ0) is 13.9. The van der Waals surface area contributed by atoms with Crippen LogP contribution in [0.4, 0.5) is 4.39 Å². The van der Waals surface area contributed by atoms with E-state index in [4.69, 9.17) is 0 Å². The number of benzene rings is 1. The Kier molecular flexibility index (Phi) is 2.61. The van der Waals surface area contributed by atoms with Crippen LogP contribution in [0.25, 0.3) is 0 Å². The smallest absolute Gasteiger partial charge is 0.139 e. The van der Waals surface area contributed by atoms with Crippen molar-refractivity contribution in [2.24, 2.45) is 17.3 Å². The maximum Gasteiger partial charge on any atom is 0.139 e. The Labute approximate surface area is 119 Å². The Morgan fingerprint density at radius 2 is 2.05 bits per heavy atom. The Balaban J connectivity index is 1.73. The lowest BCUT2D eigenvalue weighted by Gasteiger charge is -2.48. The number of carbonyl (C=O) groups excluding carboxylic acids is 1. The van der Waals surface area contributed by atoms with Gasteiger partial charge in [0.2, 0.25) is 0 Å². The molecule has 3 aliphatic carbocycles. The van der Waals surface area contributed by atoms with Gasteiger partial charge in [-0.3, -0.25) is 4.79 Å². The number of hydrogen-bond acceptors (Lipinski definition) is 1. The van der Waals surface area contributed by atoms with E-state index in [-0.39, 0.29) is 11.2 Å². The second-order valence-electron chi connectivity index (χ2n) is 7.18. The molecule has 1 aromatic rings. The Hall–Kier alpha value is -1.18. The molecule has 0 spiro atoms. The van der Waals surface area contributed by atoms with Gasteiger partial charge in [0.25, 0.3) is 0 Å². The van der Waals surface area contributed by atoms with Crippen molar-refractivity contribution in [1.82, 2.24) is 0 Å². The number of halogens is 1. The van der Waals surface area contributed by atoms with Crippen molar-refractivity contribution in [2.75, 3.05) is 0 Å². The molecule has 2 heteroatoms. The minimum atomic E-state index is -0.112. The third-order valence-electron chi connectivity index (χ3n) is 6.40. The quantitative estimate of drug-likeness (QED) is 0.690. The lowest BCUT2D eigenvalue weighted by Crippen LogP contribution is -2.42. The van der Waals surface area contributed by atoms with E-state index in [1.165, 1.54) is 11.1 Å². The summed E-state index contributed by atoms with van der Waals surface area (Å²) < 4.78 is 13.4. The highest BCUT2D eigenvalue weighted by Gasteiger charge is 2.54. The van der Waals surface area contributed by atoms with Crippen molar-refractivity contribution in [1.29, 1.82) is 0 Å². The molecular formula is C18H21FO. The zero-order valence-electron chi connectivity index (χ0n) is 12.0. The lowest BCUT2D eigenvalue weighted by atomic mass is 9.55. The van der Waals surface area contributed by atoms with E-state index in [1.54, 1.807) is 12.1 Å². The first-order valence-corrected chi connectivity index (χ1v) is 7.91. The van der Waals surface area contributed by atoms with Gasteiger partial charge in [-0.1, -0.05) is 13.0 Å². The van der Waals surface area contributed by atoms with Gasteiger partial charge in [0.05, 0.1) is 0 Å². The summed E-state index contributed by atoms with van der Waals surface area (Å²) in [5, 5.41) is 0. The molecule has 0 heterocycles. The number of fused-ring (bicyclic) bond motifs is 5. The van der Waals surface area contributed by atoms with Crippen molar-refractivity contribution in [3.63, 3.8) is 0 Å². The molecule has 106 valence electrons. The zero-order valence-corrected chi connectivity index (χ0v) is 12.0. The number of aryl methyl sites for hydroxylation is 1. The van der Waals surface area contributed by atoms with Crippen molar-refractivity contribution in [2.45, 2.75) is 51.4 Å². The molecule has 0 saturated heterocycles. The molecule has 0 N–H and O–H groups in total. The SMILES string of the molecule is C[C@]12CCC3c4ccc(F)cc4CCC3C1CCC2=O. The van der Waals surface area contributed by atoms with Gasteiger partial charge in [0, 0.05) is 11.8 Å². The highest BCUT2D eigenvalue weighted by molar-refractivity contribution is 5.87. The second kappa shape index (κ2) is 4.16. The molecule has 0 radical (unpaired) electrons. The van der Waals surface area contributed by atoms with Gasteiger partial charge in [-0.2, -0.15) is 0 Å². The molecule has 3 unspecified atom stereocenters. The van der Waals surface area contributed by atoms with Gasteiger partial charge in [0.1, 0.15) is 11.6 Å². The van der Waals surface area contributed by atoms with Crippen LogP contribution >= 0.6 is 0 Å². The number of carbonyl (C=O) groups is 1. The molecule has 0 aliphatic heterocycles. The fourth-order valence-corrected chi connectivity index (χ4v) is 5.32. The number of ketones is 1. The first kappa shape index (κ1) is 12.6. The summed E-state index contributed by atoms with van der Waals surface area (Å²) in [6.45, 7) is 2.20. The highest BCUT2D eigenvalue weighted by atomic mass is 19.1. The summed E-state index contributed by atoms with van der Waals surface area (Å²) in [6.07, 6.45) is 6.09. The molecule has 0 amide bonds. The molecule has 1 nitrogen and oxygen atoms in total. The minimum Gasteiger partial charge on any atom is -0.299 e. The minimum absolute atomic E-state index is 0.0568. The van der Waals surface area contributed by atoms with Crippen molar-refractivity contribution in [3.05, 3.63) is 35.1 Å².